The number of aryl methyl sites for hydroxylation is 1. The molecule has 4 aromatic rings. The molecule has 1 amide bonds. The zero-order valence-corrected chi connectivity index (χ0v) is 15.3. The molecule has 0 fully saturated rings. The molecule has 4 nitrogen and oxygen atoms in total. The summed E-state index contributed by atoms with van der Waals surface area (Å²) in [6.07, 6.45) is 1.73. The summed E-state index contributed by atoms with van der Waals surface area (Å²) in [4.78, 5) is 20.2. The van der Waals surface area contributed by atoms with E-state index < -0.39 is 0 Å². The SMILES string of the molecule is Cc1nc(-c2ccccc2NC(=O)c2cc(-c3ccc(F)cc3)c[nH]2)cs1. The molecule has 0 atom stereocenters. The van der Waals surface area contributed by atoms with Crippen molar-refractivity contribution < 1.29 is 9.18 Å². The van der Waals surface area contributed by atoms with Gasteiger partial charge in [-0.3, -0.25) is 4.79 Å². The molecule has 0 aliphatic carbocycles. The number of carbonyl (C=O) groups is 1. The molecule has 27 heavy (non-hydrogen) atoms. The number of hydrogen-bond donors (Lipinski definition) is 2. The van der Waals surface area contributed by atoms with E-state index in [2.05, 4.69) is 15.3 Å². The Morgan fingerprint density at radius 1 is 1.11 bits per heavy atom. The number of carbonyl (C=O) groups excluding carboxylic acids is 1. The summed E-state index contributed by atoms with van der Waals surface area (Å²) in [5, 5.41) is 5.89. The number of nitrogens with one attached hydrogen (secondary N) is 2. The van der Waals surface area contributed by atoms with Gasteiger partial charge in [-0.2, -0.15) is 0 Å². The molecule has 0 spiro atoms. The minimum Gasteiger partial charge on any atom is -0.357 e. The Morgan fingerprint density at radius 3 is 2.63 bits per heavy atom. The summed E-state index contributed by atoms with van der Waals surface area (Å²) < 4.78 is 13.1. The lowest BCUT2D eigenvalue weighted by Crippen LogP contribution is -2.12. The average Bonchev–Trinajstić information content (AvgIpc) is 3.32. The Morgan fingerprint density at radius 2 is 1.89 bits per heavy atom. The number of amides is 1. The number of thiazole rings is 1. The highest BCUT2D eigenvalue weighted by molar-refractivity contribution is 7.09. The van der Waals surface area contributed by atoms with Crippen LogP contribution in [-0.4, -0.2) is 15.9 Å². The second-order valence-electron chi connectivity index (χ2n) is 6.06. The van der Waals surface area contributed by atoms with Gasteiger partial charge in [0.25, 0.3) is 5.91 Å². The lowest BCUT2D eigenvalue weighted by Gasteiger charge is -2.08. The van der Waals surface area contributed by atoms with Gasteiger partial charge < -0.3 is 10.3 Å². The van der Waals surface area contributed by atoms with E-state index in [1.165, 1.54) is 12.1 Å². The molecule has 2 aromatic carbocycles. The first-order chi connectivity index (χ1) is 13.1. The predicted molar refractivity (Wildman–Crippen MR) is 106 cm³/mol. The number of nitrogens with zero attached hydrogens (tertiary/aromatic N) is 1. The number of H-pyrrole nitrogens is 1. The molecule has 0 saturated heterocycles. The van der Waals surface area contributed by atoms with Crippen LogP contribution in [-0.2, 0) is 0 Å². The molecule has 0 unspecified atom stereocenters. The molecule has 0 radical (unpaired) electrons. The van der Waals surface area contributed by atoms with Gasteiger partial charge in [0.1, 0.15) is 11.5 Å². The quantitative estimate of drug-likeness (QED) is 0.493. The third-order valence-electron chi connectivity index (χ3n) is 4.18. The predicted octanol–water partition coefficient (Wildman–Crippen LogP) is 5.51. The van der Waals surface area contributed by atoms with Crippen molar-refractivity contribution >= 4 is 22.9 Å². The molecule has 0 aliphatic rings. The lowest BCUT2D eigenvalue weighted by atomic mass is 10.1. The molecule has 6 heteroatoms. The van der Waals surface area contributed by atoms with Gasteiger partial charge in [0, 0.05) is 17.1 Å². The average molecular weight is 377 g/mol. The van der Waals surface area contributed by atoms with Crippen LogP contribution in [0.1, 0.15) is 15.5 Å². The minimum absolute atomic E-state index is 0.247. The summed E-state index contributed by atoms with van der Waals surface area (Å²) in [6.45, 7) is 1.95. The maximum absolute atomic E-state index is 13.1. The molecule has 0 saturated carbocycles. The van der Waals surface area contributed by atoms with E-state index in [0.717, 1.165) is 27.4 Å². The second-order valence-corrected chi connectivity index (χ2v) is 7.12. The van der Waals surface area contributed by atoms with Gasteiger partial charge in [0.2, 0.25) is 0 Å². The van der Waals surface area contributed by atoms with Gasteiger partial charge in [-0.05, 0) is 42.3 Å². The molecule has 134 valence electrons. The topological polar surface area (TPSA) is 57.8 Å². The molecule has 2 heterocycles. The molecule has 2 N–H and O–H groups in total. The molecule has 2 aromatic heterocycles. The highest BCUT2D eigenvalue weighted by Gasteiger charge is 2.14. The second kappa shape index (κ2) is 7.17. The van der Waals surface area contributed by atoms with E-state index in [1.807, 2.05) is 36.6 Å². The summed E-state index contributed by atoms with van der Waals surface area (Å²) in [5.41, 5.74) is 4.50. The van der Waals surface area contributed by atoms with E-state index in [1.54, 1.807) is 35.7 Å². The zero-order valence-electron chi connectivity index (χ0n) is 14.5. The van der Waals surface area contributed by atoms with Crippen LogP contribution in [0.5, 0.6) is 0 Å². The number of para-hydroxylation sites is 1. The first kappa shape index (κ1) is 17.2. The number of rotatable bonds is 4. The van der Waals surface area contributed by atoms with Crippen molar-refractivity contribution in [3.8, 4) is 22.4 Å². The molecule has 0 aliphatic heterocycles. The molecular formula is C21H16FN3OS. The first-order valence-electron chi connectivity index (χ1n) is 8.37. The Labute approximate surface area is 159 Å². The van der Waals surface area contributed by atoms with Crippen molar-refractivity contribution in [2.45, 2.75) is 6.92 Å². The van der Waals surface area contributed by atoms with Crippen LogP contribution in [0.15, 0.2) is 66.2 Å². The van der Waals surface area contributed by atoms with Crippen molar-refractivity contribution in [1.82, 2.24) is 9.97 Å². The van der Waals surface area contributed by atoms with Crippen LogP contribution < -0.4 is 5.32 Å². The van der Waals surface area contributed by atoms with Crippen LogP contribution in [0.25, 0.3) is 22.4 Å². The van der Waals surface area contributed by atoms with Gasteiger partial charge in [0.15, 0.2) is 0 Å². The maximum atomic E-state index is 13.1. The summed E-state index contributed by atoms with van der Waals surface area (Å²) >= 11 is 1.57. The minimum atomic E-state index is -0.291. The summed E-state index contributed by atoms with van der Waals surface area (Å²) in [7, 11) is 0. The molecule has 4 rings (SSSR count). The van der Waals surface area contributed by atoms with E-state index in [4.69, 9.17) is 0 Å². The normalized spacial score (nSPS) is 10.7. The van der Waals surface area contributed by atoms with Gasteiger partial charge in [-0.1, -0.05) is 30.3 Å². The van der Waals surface area contributed by atoms with E-state index in [0.29, 0.717) is 11.4 Å². The fourth-order valence-corrected chi connectivity index (χ4v) is 3.44. The number of aromatic amines is 1. The van der Waals surface area contributed by atoms with Crippen molar-refractivity contribution in [2.24, 2.45) is 0 Å². The van der Waals surface area contributed by atoms with Gasteiger partial charge in [-0.25, -0.2) is 9.37 Å². The van der Waals surface area contributed by atoms with E-state index in [-0.39, 0.29) is 11.7 Å². The van der Waals surface area contributed by atoms with E-state index in [9.17, 15) is 9.18 Å². The number of hydrogen-bond acceptors (Lipinski definition) is 3. The zero-order chi connectivity index (χ0) is 18.8. The van der Waals surface area contributed by atoms with Crippen LogP contribution in [0.2, 0.25) is 0 Å². The van der Waals surface area contributed by atoms with Gasteiger partial charge in [-0.15, -0.1) is 11.3 Å². The standard InChI is InChI=1S/C21H16FN3OS/c1-13-24-20(12-27-13)17-4-2-3-5-18(17)25-21(26)19-10-15(11-23-19)14-6-8-16(22)9-7-14/h2-12,23H,1H3,(H,25,26). The van der Waals surface area contributed by atoms with Gasteiger partial charge >= 0.3 is 0 Å². The van der Waals surface area contributed by atoms with Gasteiger partial charge in [0.05, 0.1) is 16.4 Å². The summed E-state index contributed by atoms with van der Waals surface area (Å²) in [6, 6.07) is 15.5. The van der Waals surface area contributed by atoms with Crippen LogP contribution in [0.3, 0.4) is 0 Å². The number of benzene rings is 2. The lowest BCUT2D eigenvalue weighted by molar-refractivity contribution is 0.102. The highest BCUT2D eigenvalue weighted by atomic mass is 32.1. The number of anilines is 1. The number of aromatic nitrogens is 2. The highest BCUT2D eigenvalue weighted by Crippen LogP contribution is 2.29. The Kier molecular flexibility index (Phi) is 4.56. The fraction of sp³-hybridized carbons (Fsp3) is 0.0476. The van der Waals surface area contributed by atoms with Crippen LogP contribution in [0.4, 0.5) is 10.1 Å². The fourth-order valence-electron chi connectivity index (χ4n) is 2.83. The van der Waals surface area contributed by atoms with Crippen molar-refractivity contribution in [3.05, 3.63) is 82.7 Å². The summed E-state index contributed by atoms with van der Waals surface area (Å²) in [5.74, 6) is -0.538. The van der Waals surface area contributed by atoms with Crippen molar-refractivity contribution in [2.75, 3.05) is 5.32 Å². The Hall–Kier alpha value is -3.25. The molecule has 0 bridgehead atoms. The third-order valence-corrected chi connectivity index (χ3v) is 4.95. The maximum Gasteiger partial charge on any atom is 0.272 e. The van der Waals surface area contributed by atoms with E-state index >= 15 is 0 Å². The Bertz CT molecular complexity index is 1100. The Balaban J connectivity index is 1.58. The van der Waals surface area contributed by atoms with Crippen molar-refractivity contribution in [1.29, 1.82) is 0 Å². The van der Waals surface area contributed by atoms with Crippen molar-refractivity contribution in [3.63, 3.8) is 0 Å². The monoisotopic (exact) mass is 377 g/mol. The largest absolute Gasteiger partial charge is 0.357 e. The van der Waals surface area contributed by atoms with Crippen LogP contribution in [0, 0.1) is 12.7 Å². The molecular weight excluding hydrogens is 361 g/mol. The first-order valence-corrected chi connectivity index (χ1v) is 9.25. The number of halogens is 1. The van der Waals surface area contributed by atoms with Crippen LogP contribution >= 0.6 is 11.3 Å². The third kappa shape index (κ3) is 3.66. The smallest absolute Gasteiger partial charge is 0.272 e.